The molecule has 19 heavy (non-hydrogen) atoms. The number of ether oxygens (including phenoxy) is 3. The van der Waals surface area contributed by atoms with E-state index in [1.807, 2.05) is 30.3 Å². The van der Waals surface area contributed by atoms with Crippen molar-refractivity contribution in [2.45, 2.75) is 31.7 Å². The monoisotopic (exact) mass is 262 g/mol. The Morgan fingerprint density at radius 1 is 1.26 bits per heavy atom. The van der Waals surface area contributed by atoms with Crippen LogP contribution in [0, 0.1) is 5.92 Å². The maximum absolute atomic E-state index is 12.1. The first-order valence-corrected chi connectivity index (χ1v) is 6.76. The Hall–Kier alpha value is -1.39. The summed E-state index contributed by atoms with van der Waals surface area (Å²) in [6.07, 6.45) is 1.88. The molecule has 0 aliphatic carbocycles. The highest BCUT2D eigenvalue weighted by Gasteiger charge is 2.43. The van der Waals surface area contributed by atoms with Crippen LogP contribution in [0.3, 0.4) is 0 Å². The van der Waals surface area contributed by atoms with Crippen LogP contribution in [0.4, 0.5) is 0 Å². The van der Waals surface area contributed by atoms with Crippen LogP contribution in [-0.2, 0) is 25.6 Å². The average Bonchev–Trinajstić information content (AvgIpc) is 3.14. The van der Waals surface area contributed by atoms with Gasteiger partial charge in [0.15, 0.2) is 0 Å². The van der Waals surface area contributed by atoms with Gasteiger partial charge in [-0.15, -0.1) is 0 Å². The fourth-order valence-corrected chi connectivity index (χ4v) is 2.42. The predicted octanol–water partition coefficient (Wildman–Crippen LogP) is 1.92. The van der Waals surface area contributed by atoms with Crippen LogP contribution < -0.4 is 0 Å². The van der Waals surface area contributed by atoms with E-state index in [9.17, 15) is 4.79 Å². The van der Waals surface area contributed by atoms with Crippen LogP contribution in [0.2, 0.25) is 0 Å². The van der Waals surface area contributed by atoms with E-state index in [-0.39, 0.29) is 24.1 Å². The maximum Gasteiger partial charge on any atom is 0.309 e. The Bertz CT molecular complexity index is 431. The Kier molecular flexibility index (Phi) is 3.80. The molecule has 3 atom stereocenters. The first-order chi connectivity index (χ1) is 9.33. The fourth-order valence-electron chi connectivity index (χ4n) is 2.42. The lowest BCUT2D eigenvalue weighted by Crippen LogP contribution is -2.24. The second-order valence-corrected chi connectivity index (χ2v) is 5.10. The van der Waals surface area contributed by atoms with Crippen molar-refractivity contribution < 1.29 is 19.0 Å². The molecule has 0 saturated carbocycles. The van der Waals surface area contributed by atoms with E-state index in [2.05, 4.69) is 0 Å². The summed E-state index contributed by atoms with van der Waals surface area (Å²) in [5.74, 6) is -0.234. The van der Waals surface area contributed by atoms with Crippen LogP contribution in [0.5, 0.6) is 0 Å². The predicted molar refractivity (Wildman–Crippen MR) is 68.4 cm³/mol. The lowest BCUT2D eigenvalue weighted by Gasteiger charge is -2.17. The molecule has 4 nitrogen and oxygen atoms in total. The van der Waals surface area contributed by atoms with E-state index in [0.717, 1.165) is 18.4 Å². The van der Waals surface area contributed by atoms with Gasteiger partial charge in [0.1, 0.15) is 12.7 Å². The van der Waals surface area contributed by atoms with Crippen LogP contribution in [0.25, 0.3) is 0 Å². The van der Waals surface area contributed by atoms with Crippen molar-refractivity contribution in [3.63, 3.8) is 0 Å². The van der Waals surface area contributed by atoms with Gasteiger partial charge in [0, 0.05) is 6.61 Å². The highest BCUT2D eigenvalue weighted by molar-refractivity contribution is 5.72. The summed E-state index contributed by atoms with van der Waals surface area (Å²) in [5.41, 5.74) is 1.01. The van der Waals surface area contributed by atoms with Gasteiger partial charge in [0.05, 0.1) is 18.6 Å². The Morgan fingerprint density at radius 3 is 2.95 bits per heavy atom. The smallest absolute Gasteiger partial charge is 0.309 e. The average molecular weight is 262 g/mol. The Balaban J connectivity index is 1.51. The molecule has 0 N–H and O–H groups in total. The van der Waals surface area contributed by atoms with Crippen molar-refractivity contribution in [3.8, 4) is 0 Å². The summed E-state index contributed by atoms with van der Waals surface area (Å²) in [6, 6.07) is 9.73. The van der Waals surface area contributed by atoms with Gasteiger partial charge in [-0.05, 0) is 18.4 Å². The lowest BCUT2D eigenvalue weighted by atomic mass is 9.98. The zero-order chi connectivity index (χ0) is 13.1. The van der Waals surface area contributed by atoms with E-state index in [1.165, 1.54) is 0 Å². The number of epoxide rings is 1. The quantitative estimate of drug-likeness (QED) is 0.617. The molecule has 0 amide bonds. The van der Waals surface area contributed by atoms with Crippen LogP contribution >= 0.6 is 0 Å². The van der Waals surface area contributed by atoms with E-state index in [4.69, 9.17) is 14.2 Å². The minimum Gasteiger partial charge on any atom is -0.461 e. The molecule has 4 heteroatoms. The van der Waals surface area contributed by atoms with Crippen molar-refractivity contribution in [1.82, 2.24) is 0 Å². The summed E-state index contributed by atoms with van der Waals surface area (Å²) in [6.45, 7) is 1.61. The lowest BCUT2D eigenvalue weighted by molar-refractivity contribution is -0.151. The molecular formula is C15H18O4. The van der Waals surface area contributed by atoms with Crippen molar-refractivity contribution in [1.29, 1.82) is 0 Å². The largest absolute Gasteiger partial charge is 0.461 e. The van der Waals surface area contributed by atoms with Gasteiger partial charge in [-0.25, -0.2) is 0 Å². The highest BCUT2D eigenvalue weighted by Crippen LogP contribution is 2.32. The van der Waals surface area contributed by atoms with Gasteiger partial charge in [0.2, 0.25) is 0 Å². The van der Waals surface area contributed by atoms with Crippen molar-refractivity contribution in [3.05, 3.63) is 35.9 Å². The topological polar surface area (TPSA) is 48.1 Å². The van der Waals surface area contributed by atoms with Gasteiger partial charge in [-0.1, -0.05) is 30.3 Å². The number of carbonyl (C=O) groups is 1. The zero-order valence-electron chi connectivity index (χ0n) is 10.8. The normalized spacial score (nSPS) is 29.8. The molecule has 0 radical (unpaired) electrons. The minimum absolute atomic E-state index is 0.0981. The molecule has 102 valence electrons. The fraction of sp³-hybridized carbons (Fsp3) is 0.533. The van der Waals surface area contributed by atoms with Crippen molar-refractivity contribution >= 4 is 5.97 Å². The summed E-state index contributed by atoms with van der Waals surface area (Å²) in [4.78, 5) is 12.1. The maximum atomic E-state index is 12.1. The van der Waals surface area contributed by atoms with E-state index in [1.54, 1.807) is 0 Å². The van der Waals surface area contributed by atoms with Gasteiger partial charge < -0.3 is 14.2 Å². The molecule has 1 aromatic carbocycles. The third-order valence-corrected chi connectivity index (χ3v) is 3.65. The van der Waals surface area contributed by atoms with Crippen LogP contribution in [-0.4, -0.2) is 31.4 Å². The van der Waals surface area contributed by atoms with Gasteiger partial charge >= 0.3 is 5.97 Å². The second-order valence-electron chi connectivity index (χ2n) is 5.10. The Labute approximate surface area is 112 Å². The molecule has 2 heterocycles. The number of hydrogen-bond acceptors (Lipinski definition) is 4. The summed E-state index contributed by atoms with van der Waals surface area (Å²) < 4.78 is 16.3. The first kappa shape index (κ1) is 12.6. The molecule has 0 spiro atoms. The molecule has 0 aromatic heterocycles. The number of rotatable bonds is 3. The SMILES string of the molecule is O=C(OCc1ccccc1)C1CCOCC2OC2C1. The molecule has 3 unspecified atom stereocenters. The van der Waals surface area contributed by atoms with Gasteiger partial charge in [-0.2, -0.15) is 0 Å². The third-order valence-electron chi connectivity index (χ3n) is 3.65. The number of hydrogen-bond donors (Lipinski definition) is 0. The molecule has 1 aromatic rings. The van der Waals surface area contributed by atoms with Gasteiger partial charge in [-0.3, -0.25) is 4.79 Å². The number of esters is 1. The number of fused-ring (bicyclic) bond motifs is 1. The molecule has 0 bridgehead atoms. The molecule has 2 aliphatic rings. The van der Waals surface area contributed by atoms with Crippen LogP contribution in [0.15, 0.2) is 30.3 Å². The molecule has 2 aliphatic heterocycles. The van der Waals surface area contributed by atoms with E-state index in [0.29, 0.717) is 19.8 Å². The minimum atomic E-state index is -0.136. The van der Waals surface area contributed by atoms with E-state index < -0.39 is 0 Å². The zero-order valence-corrected chi connectivity index (χ0v) is 10.8. The number of benzene rings is 1. The Morgan fingerprint density at radius 2 is 2.11 bits per heavy atom. The first-order valence-electron chi connectivity index (χ1n) is 6.76. The second kappa shape index (κ2) is 5.72. The van der Waals surface area contributed by atoms with Gasteiger partial charge in [0.25, 0.3) is 0 Å². The highest BCUT2D eigenvalue weighted by atomic mass is 16.6. The summed E-state index contributed by atoms with van der Waals surface area (Å²) >= 11 is 0. The van der Waals surface area contributed by atoms with E-state index >= 15 is 0 Å². The summed E-state index contributed by atoms with van der Waals surface area (Å²) in [5, 5.41) is 0. The summed E-state index contributed by atoms with van der Waals surface area (Å²) in [7, 11) is 0. The number of carbonyl (C=O) groups excluding carboxylic acids is 1. The van der Waals surface area contributed by atoms with Crippen LogP contribution in [0.1, 0.15) is 18.4 Å². The molecule has 2 saturated heterocycles. The van der Waals surface area contributed by atoms with Crippen molar-refractivity contribution in [2.24, 2.45) is 5.92 Å². The molecule has 2 fully saturated rings. The molecule has 3 rings (SSSR count). The van der Waals surface area contributed by atoms with Crippen molar-refractivity contribution in [2.75, 3.05) is 13.2 Å². The third kappa shape index (κ3) is 3.33. The standard InChI is InChI=1S/C15H18O4/c16-15(18-9-11-4-2-1-3-5-11)12-6-7-17-10-14-13(8-12)19-14/h1-5,12-14H,6-10H2. The molecular weight excluding hydrogens is 244 g/mol.